The highest BCUT2D eigenvalue weighted by Crippen LogP contribution is 2.37. The monoisotopic (exact) mass is 271 g/mol. The summed E-state index contributed by atoms with van der Waals surface area (Å²) in [4.78, 5) is 0. The number of hydrogen-bond acceptors (Lipinski definition) is 2. The Bertz CT molecular complexity index is 461. The van der Waals surface area contributed by atoms with Crippen molar-refractivity contribution in [1.29, 1.82) is 0 Å². The normalized spacial score (nSPS) is 12.8. The zero-order valence-electron chi connectivity index (χ0n) is 10.6. The van der Waals surface area contributed by atoms with Gasteiger partial charge in [-0.2, -0.15) is 13.2 Å². The second-order valence-electron chi connectivity index (χ2n) is 4.31. The molecule has 0 saturated carbocycles. The Morgan fingerprint density at radius 3 is 2.63 bits per heavy atom. The van der Waals surface area contributed by atoms with Gasteiger partial charge in [0.1, 0.15) is 5.75 Å². The molecular weight excluding hydrogens is 255 g/mol. The summed E-state index contributed by atoms with van der Waals surface area (Å²) >= 11 is 0. The first-order valence-electron chi connectivity index (χ1n) is 5.86. The van der Waals surface area contributed by atoms with Crippen LogP contribution in [0, 0.1) is 12.3 Å². The molecule has 1 aromatic carbocycles. The van der Waals surface area contributed by atoms with Crippen molar-refractivity contribution in [3.63, 3.8) is 0 Å². The third-order valence-corrected chi connectivity index (χ3v) is 2.41. The van der Waals surface area contributed by atoms with Gasteiger partial charge < -0.3 is 10.5 Å². The van der Waals surface area contributed by atoms with E-state index in [2.05, 4.69) is 5.92 Å². The molecule has 0 heterocycles. The van der Waals surface area contributed by atoms with Crippen LogP contribution in [0.3, 0.4) is 0 Å². The third-order valence-electron chi connectivity index (χ3n) is 2.41. The minimum absolute atomic E-state index is 0.0617. The zero-order valence-corrected chi connectivity index (χ0v) is 10.6. The quantitative estimate of drug-likeness (QED) is 0.660. The molecule has 1 unspecified atom stereocenters. The molecule has 1 aromatic rings. The van der Waals surface area contributed by atoms with Crippen LogP contribution in [0.25, 0.3) is 0 Å². The maximum atomic E-state index is 12.9. The average molecular weight is 271 g/mol. The SMILES string of the molecule is C#CCCOc1ccc(CC(C)N)cc1C(F)(F)F. The van der Waals surface area contributed by atoms with Gasteiger partial charge in [0, 0.05) is 12.5 Å². The van der Waals surface area contributed by atoms with Crippen molar-refractivity contribution in [2.75, 3.05) is 6.61 Å². The van der Waals surface area contributed by atoms with Gasteiger partial charge in [0.15, 0.2) is 0 Å². The molecule has 0 spiro atoms. The largest absolute Gasteiger partial charge is 0.492 e. The minimum atomic E-state index is -4.46. The molecule has 5 heteroatoms. The lowest BCUT2D eigenvalue weighted by Crippen LogP contribution is -2.18. The van der Waals surface area contributed by atoms with Crippen LogP contribution in [0.5, 0.6) is 5.75 Å². The summed E-state index contributed by atoms with van der Waals surface area (Å²) in [6.07, 6.45) is 1.22. The van der Waals surface area contributed by atoms with Crippen LogP contribution in [0.1, 0.15) is 24.5 Å². The van der Waals surface area contributed by atoms with E-state index in [0.717, 1.165) is 6.07 Å². The number of halogens is 3. The molecule has 0 bridgehead atoms. The lowest BCUT2D eigenvalue weighted by molar-refractivity contribution is -0.139. The van der Waals surface area contributed by atoms with E-state index in [0.29, 0.717) is 12.0 Å². The van der Waals surface area contributed by atoms with Gasteiger partial charge in [-0.1, -0.05) is 6.07 Å². The fourth-order valence-corrected chi connectivity index (χ4v) is 1.64. The lowest BCUT2D eigenvalue weighted by atomic mass is 10.0. The first kappa shape index (κ1) is 15.4. The average Bonchev–Trinajstić information content (AvgIpc) is 2.29. The van der Waals surface area contributed by atoms with E-state index in [9.17, 15) is 13.2 Å². The van der Waals surface area contributed by atoms with Gasteiger partial charge in [0.2, 0.25) is 0 Å². The molecule has 0 aliphatic rings. The van der Waals surface area contributed by atoms with Crippen molar-refractivity contribution in [2.45, 2.75) is 32.0 Å². The Morgan fingerprint density at radius 1 is 1.42 bits per heavy atom. The maximum Gasteiger partial charge on any atom is 0.419 e. The minimum Gasteiger partial charge on any atom is -0.492 e. The van der Waals surface area contributed by atoms with E-state index in [4.69, 9.17) is 16.9 Å². The van der Waals surface area contributed by atoms with Gasteiger partial charge in [0.05, 0.1) is 12.2 Å². The van der Waals surface area contributed by atoms with Crippen LogP contribution < -0.4 is 10.5 Å². The molecule has 1 rings (SSSR count). The van der Waals surface area contributed by atoms with Gasteiger partial charge in [0.25, 0.3) is 0 Å². The number of benzene rings is 1. The second kappa shape index (κ2) is 6.48. The Kier molecular flexibility index (Phi) is 5.25. The molecule has 0 aliphatic carbocycles. The summed E-state index contributed by atoms with van der Waals surface area (Å²) in [6, 6.07) is 3.78. The van der Waals surface area contributed by atoms with Crippen molar-refractivity contribution >= 4 is 0 Å². The molecule has 2 N–H and O–H groups in total. The van der Waals surface area contributed by atoms with Crippen molar-refractivity contribution in [3.8, 4) is 18.1 Å². The van der Waals surface area contributed by atoms with Crippen LogP contribution in [0.15, 0.2) is 18.2 Å². The molecule has 2 nitrogen and oxygen atoms in total. The first-order valence-corrected chi connectivity index (χ1v) is 5.86. The molecule has 0 aromatic heterocycles. The van der Waals surface area contributed by atoms with E-state index in [-0.39, 0.29) is 24.8 Å². The smallest absolute Gasteiger partial charge is 0.419 e. The number of ether oxygens (including phenoxy) is 1. The van der Waals surface area contributed by atoms with E-state index in [1.807, 2.05) is 0 Å². The topological polar surface area (TPSA) is 35.2 Å². The standard InChI is InChI=1S/C14H16F3NO/c1-3-4-7-19-13-6-5-11(8-10(2)18)9-12(13)14(15,16)17/h1,5-6,9-10H,4,7-8,18H2,2H3. The fraction of sp³-hybridized carbons (Fsp3) is 0.429. The van der Waals surface area contributed by atoms with E-state index >= 15 is 0 Å². The van der Waals surface area contributed by atoms with Crippen LogP contribution in [0.4, 0.5) is 13.2 Å². The van der Waals surface area contributed by atoms with E-state index in [1.165, 1.54) is 6.07 Å². The molecule has 0 fully saturated rings. The molecule has 0 aliphatic heterocycles. The van der Waals surface area contributed by atoms with E-state index < -0.39 is 11.7 Å². The van der Waals surface area contributed by atoms with Crippen LogP contribution in [0.2, 0.25) is 0 Å². The lowest BCUT2D eigenvalue weighted by Gasteiger charge is -2.15. The van der Waals surface area contributed by atoms with Gasteiger partial charge in [-0.15, -0.1) is 12.3 Å². The predicted molar refractivity (Wildman–Crippen MR) is 67.7 cm³/mol. The number of terminal acetylenes is 1. The number of hydrogen-bond donors (Lipinski definition) is 1. The van der Waals surface area contributed by atoms with Gasteiger partial charge >= 0.3 is 6.18 Å². The first-order chi connectivity index (χ1) is 8.84. The van der Waals surface area contributed by atoms with Gasteiger partial charge in [-0.05, 0) is 31.0 Å². The molecule has 104 valence electrons. The summed E-state index contributed by atoms with van der Waals surface area (Å²) in [6.45, 7) is 1.80. The highest BCUT2D eigenvalue weighted by Gasteiger charge is 2.34. The predicted octanol–water partition coefficient (Wildman–Crippen LogP) is 3.00. The summed E-state index contributed by atoms with van der Waals surface area (Å²) in [7, 11) is 0. The molecule has 0 saturated heterocycles. The highest BCUT2D eigenvalue weighted by molar-refractivity contribution is 5.39. The number of nitrogens with two attached hydrogens (primary N) is 1. The Hall–Kier alpha value is -1.67. The number of alkyl halides is 3. The summed E-state index contributed by atoms with van der Waals surface area (Å²) in [5, 5.41) is 0. The second-order valence-corrected chi connectivity index (χ2v) is 4.31. The Balaban J connectivity index is 3.00. The maximum absolute atomic E-state index is 12.9. The fourth-order valence-electron chi connectivity index (χ4n) is 1.64. The zero-order chi connectivity index (χ0) is 14.5. The molecule has 0 amide bonds. The molecule has 1 atom stereocenters. The highest BCUT2D eigenvalue weighted by atomic mass is 19.4. The van der Waals surface area contributed by atoms with E-state index in [1.54, 1.807) is 13.0 Å². The van der Waals surface area contributed by atoms with Gasteiger partial charge in [-0.25, -0.2) is 0 Å². The number of rotatable bonds is 5. The van der Waals surface area contributed by atoms with Crippen LogP contribution >= 0.6 is 0 Å². The Labute approximate surface area is 110 Å². The van der Waals surface area contributed by atoms with Crippen LogP contribution in [-0.4, -0.2) is 12.6 Å². The van der Waals surface area contributed by atoms with Gasteiger partial charge in [-0.3, -0.25) is 0 Å². The molecular formula is C14H16F3NO. The third kappa shape index (κ3) is 4.84. The van der Waals surface area contributed by atoms with Crippen molar-refractivity contribution in [2.24, 2.45) is 5.73 Å². The van der Waals surface area contributed by atoms with Crippen molar-refractivity contribution < 1.29 is 17.9 Å². The van der Waals surface area contributed by atoms with Crippen LogP contribution in [-0.2, 0) is 12.6 Å². The van der Waals surface area contributed by atoms with Crippen molar-refractivity contribution in [3.05, 3.63) is 29.3 Å². The Morgan fingerprint density at radius 2 is 2.11 bits per heavy atom. The summed E-state index contributed by atoms with van der Waals surface area (Å²) in [5.41, 5.74) is 5.33. The molecule has 0 radical (unpaired) electrons. The summed E-state index contributed by atoms with van der Waals surface area (Å²) < 4.78 is 43.8. The summed E-state index contributed by atoms with van der Waals surface area (Å²) in [5.74, 6) is 2.11. The molecule has 19 heavy (non-hydrogen) atoms. The van der Waals surface area contributed by atoms with Crippen molar-refractivity contribution in [1.82, 2.24) is 0 Å².